The Morgan fingerprint density at radius 1 is 1.21 bits per heavy atom. The number of hydrogen-bond acceptors (Lipinski definition) is 3. The van der Waals surface area contributed by atoms with E-state index < -0.39 is 5.91 Å². The van der Waals surface area contributed by atoms with E-state index in [2.05, 4.69) is 47.1 Å². The quantitative estimate of drug-likeness (QED) is 0.134. The number of carbonyl (C=O) groups is 2. The second-order valence-electron chi connectivity index (χ2n) is 8.81. The summed E-state index contributed by atoms with van der Waals surface area (Å²) in [6.07, 6.45) is 10.0. The molecule has 0 fully saturated rings. The first-order valence-electron chi connectivity index (χ1n) is 11.4. The Labute approximate surface area is 199 Å². The lowest BCUT2D eigenvalue weighted by Crippen LogP contribution is -2.37. The van der Waals surface area contributed by atoms with Crippen molar-refractivity contribution in [2.45, 2.75) is 46.4 Å². The lowest BCUT2D eigenvalue weighted by molar-refractivity contribution is -0.124. The molecule has 0 aliphatic rings. The minimum absolute atomic E-state index is 0.196. The Morgan fingerprint density at radius 3 is 2.42 bits per heavy atom. The number of nitrogens with one attached hydrogen (secondary N) is 2. The number of benzene rings is 1. The average Bonchev–Trinajstić information content (AvgIpc) is 2.80. The Hall–Kier alpha value is -3.06. The van der Waals surface area contributed by atoms with Crippen LogP contribution in [0, 0.1) is 5.41 Å². The van der Waals surface area contributed by atoms with Crippen LogP contribution < -0.4 is 10.8 Å². The third-order valence-electron chi connectivity index (χ3n) is 5.69. The first kappa shape index (κ1) is 28.0. The number of aryl methyl sites for hydroxylation is 1. The van der Waals surface area contributed by atoms with Crippen molar-refractivity contribution in [2.75, 3.05) is 18.4 Å². The van der Waals surface area contributed by atoms with E-state index in [-0.39, 0.29) is 17.0 Å². The van der Waals surface area contributed by atoms with Gasteiger partial charge in [-0.05, 0) is 60.1 Å². The maximum absolute atomic E-state index is 13.1. The number of hydrogen-bond donors (Lipinski definition) is 3. The smallest absolute Gasteiger partial charge is 0.320 e. The van der Waals surface area contributed by atoms with Crippen molar-refractivity contribution in [3.63, 3.8) is 0 Å². The monoisotopic (exact) mass is 451 g/mol. The van der Waals surface area contributed by atoms with Crippen LogP contribution in [0.1, 0.15) is 39.2 Å². The van der Waals surface area contributed by atoms with Crippen LogP contribution >= 0.6 is 0 Å². The van der Waals surface area contributed by atoms with E-state index in [1.165, 1.54) is 23.8 Å². The molecule has 0 heterocycles. The van der Waals surface area contributed by atoms with Crippen LogP contribution in [-0.2, 0) is 11.2 Å². The first-order valence-corrected chi connectivity index (χ1v) is 11.4. The Balaban J connectivity index is 2.93. The number of nitrogens with zero attached hydrogens (tertiary/aromatic N) is 1. The number of urea groups is 1. The lowest BCUT2D eigenvalue weighted by Gasteiger charge is -2.27. The molecule has 0 saturated heterocycles. The highest BCUT2D eigenvalue weighted by Gasteiger charge is 2.18. The van der Waals surface area contributed by atoms with Crippen LogP contribution in [-0.4, -0.2) is 43.0 Å². The molecule has 6 nitrogen and oxygen atoms in total. The van der Waals surface area contributed by atoms with E-state index in [9.17, 15) is 9.59 Å². The van der Waals surface area contributed by atoms with Gasteiger partial charge in [0, 0.05) is 24.4 Å². The molecule has 0 radical (unpaired) electrons. The molecular weight excluding hydrogens is 413 g/mol. The average molecular weight is 451 g/mol. The second-order valence-corrected chi connectivity index (χ2v) is 8.81. The summed E-state index contributed by atoms with van der Waals surface area (Å²) in [5.74, 6) is -0.647. The van der Waals surface area contributed by atoms with Gasteiger partial charge in [-0.2, -0.15) is 0 Å². The summed E-state index contributed by atoms with van der Waals surface area (Å²) in [7, 11) is 2.17. The summed E-state index contributed by atoms with van der Waals surface area (Å²) in [4.78, 5) is 26.5. The zero-order valence-corrected chi connectivity index (χ0v) is 20.5. The summed E-state index contributed by atoms with van der Waals surface area (Å²) in [5.41, 5.74) is 4.66. The molecule has 0 atom stereocenters. The molecule has 1 rings (SSSR count). The molecule has 0 aliphatic heterocycles. The normalized spacial score (nSPS) is 11.8. The maximum atomic E-state index is 13.1. The largest absolute Gasteiger partial charge is 0.322 e. The molecule has 0 unspecified atom stereocenters. The van der Waals surface area contributed by atoms with Gasteiger partial charge in [0.2, 0.25) is 0 Å². The summed E-state index contributed by atoms with van der Waals surface area (Å²) in [5, 5.41) is 11.9. The lowest BCUT2D eigenvalue weighted by atomic mass is 9.76. The van der Waals surface area contributed by atoms with Crippen molar-refractivity contribution in [3.05, 3.63) is 78.4 Å². The Bertz CT molecular complexity index is 873. The van der Waals surface area contributed by atoms with E-state index in [0.29, 0.717) is 18.7 Å². The van der Waals surface area contributed by atoms with E-state index in [1.54, 1.807) is 16.5 Å². The molecule has 1 aromatic carbocycles. The van der Waals surface area contributed by atoms with Gasteiger partial charge in [0.05, 0.1) is 0 Å². The standard InChI is InChI=1S/C26H38BN3O3/c1-6-9-22(24(31)29-33)13-10-20(3)18-30(17-8-16-26(4,5)19-27)25(32)28-23-14-11-21(7-2)12-15-23/h6,9-15,33H,1,3,7-8,16-19,27H2,2,4-5H3,(H,28,32)(H,29,31)/b13-10-,22-9+. The van der Waals surface area contributed by atoms with Crippen molar-refractivity contribution in [2.24, 2.45) is 5.41 Å². The van der Waals surface area contributed by atoms with Gasteiger partial charge in [-0.1, -0.05) is 64.5 Å². The highest BCUT2D eigenvalue weighted by Crippen LogP contribution is 2.26. The summed E-state index contributed by atoms with van der Waals surface area (Å²) >= 11 is 0. The predicted molar refractivity (Wildman–Crippen MR) is 139 cm³/mol. The predicted octanol–water partition coefficient (Wildman–Crippen LogP) is 4.67. The van der Waals surface area contributed by atoms with Gasteiger partial charge >= 0.3 is 6.03 Å². The Kier molecular flexibility index (Phi) is 12.0. The zero-order valence-electron chi connectivity index (χ0n) is 20.5. The molecule has 3 amide bonds. The van der Waals surface area contributed by atoms with Crippen LogP contribution in [0.3, 0.4) is 0 Å². The number of hydroxylamine groups is 1. The highest BCUT2D eigenvalue weighted by molar-refractivity contribution is 6.08. The number of anilines is 1. The Morgan fingerprint density at radius 2 is 1.88 bits per heavy atom. The number of allylic oxidation sites excluding steroid dienone is 2. The number of rotatable bonds is 13. The fraction of sp³-hybridized carbons (Fsp3) is 0.385. The third-order valence-corrected chi connectivity index (χ3v) is 5.69. The second kappa shape index (κ2) is 14.2. The maximum Gasteiger partial charge on any atom is 0.322 e. The molecule has 3 N–H and O–H groups in total. The van der Waals surface area contributed by atoms with E-state index in [4.69, 9.17) is 5.21 Å². The van der Waals surface area contributed by atoms with Crippen molar-refractivity contribution >= 4 is 25.5 Å². The summed E-state index contributed by atoms with van der Waals surface area (Å²) in [6, 6.07) is 7.63. The van der Waals surface area contributed by atoms with Crippen LogP contribution in [0.5, 0.6) is 0 Å². The zero-order chi connectivity index (χ0) is 24.9. The van der Waals surface area contributed by atoms with Gasteiger partial charge in [-0.15, -0.1) is 0 Å². The fourth-order valence-electron chi connectivity index (χ4n) is 3.11. The molecular formula is C26H38BN3O3. The van der Waals surface area contributed by atoms with Crippen molar-refractivity contribution < 1.29 is 14.8 Å². The molecule has 0 aliphatic carbocycles. The fourth-order valence-corrected chi connectivity index (χ4v) is 3.11. The van der Waals surface area contributed by atoms with Gasteiger partial charge in [0.25, 0.3) is 5.91 Å². The van der Waals surface area contributed by atoms with Crippen molar-refractivity contribution in [3.8, 4) is 0 Å². The van der Waals surface area contributed by atoms with Gasteiger partial charge in [0.1, 0.15) is 7.85 Å². The van der Waals surface area contributed by atoms with Crippen molar-refractivity contribution in [1.29, 1.82) is 0 Å². The molecule has 0 aromatic heterocycles. The van der Waals surface area contributed by atoms with Crippen molar-refractivity contribution in [1.82, 2.24) is 10.4 Å². The van der Waals surface area contributed by atoms with Crippen LogP contribution in [0.15, 0.2) is 72.9 Å². The highest BCUT2D eigenvalue weighted by atomic mass is 16.5. The van der Waals surface area contributed by atoms with Gasteiger partial charge in [0.15, 0.2) is 0 Å². The van der Waals surface area contributed by atoms with Gasteiger partial charge in [-0.25, -0.2) is 10.3 Å². The summed E-state index contributed by atoms with van der Waals surface area (Å²) in [6.45, 7) is 15.1. The number of carbonyl (C=O) groups excluding carboxylic acids is 2. The van der Waals surface area contributed by atoms with E-state index in [1.807, 2.05) is 24.3 Å². The minimum Gasteiger partial charge on any atom is -0.320 e. The van der Waals surface area contributed by atoms with Gasteiger partial charge in [-0.3, -0.25) is 10.0 Å². The molecule has 0 spiro atoms. The SMILES string of the molecule is BCC(C)(C)CCCN(CC(=C)/C=C\C(=C/C=C)C(=O)NO)C(=O)Nc1ccc(CC)cc1. The van der Waals surface area contributed by atoms with Crippen LogP contribution in [0.4, 0.5) is 10.5 Å². The summed E-state index contributed by atoms with van der Waals surface area (Å²) < 4.78 is 0. The molecule has 0 bridgehead atoms. The van der Waals surface area contributed by atoms with E-state index >= 15 is 0 Å². The molecule has 33 heavy (non-hydrogen) atoms. The molecule has 1 aromatic rings. The van der Waals surface area contributed by atoms with Crippen LogP contribution in [0.25, 0.3) is 0 Å². The molecule has 7 heteroatoms. The van der Waals surface area contributed by atoms with E-state index in [0.717, 1.165) is 31.3 Å². The van der Waals surface area contributed by atoms with Crippen LogP contribution in [0.2, 0.25) is 6.32 Å². The first-order chi connectivity index (χ1) is 15.6. The minimum atomic E-state index is -0.647. The van der Waals surface area contributed by atoms with Gasteiger partial charge < -0.3 is 10.2 Å². The third kappa shape index (κ3) is 10.4. The molecule has 0 saturated carbocycles. The molecule has 178 valence electrons. The topological polar surface area (TPSA) is 81.7 Å². The number of amides is 3.